The van der Waals surface area contributed by atoms with E-state index >= 15 is 0 Å². The van der Waals surface area contributed by atoms with Crippen LogP contribution in [0.5, 0.6) is 0 Å². The Morgan fingerprint density at radius 2 is 2.12 bits per heavy atom. The average Bonchev–Trinajstić information content (AvgIpc) is 2.22. The van der Waals surface area contributed by atoms with Crippen LogP contribution in [0, 0.1) is 13.8 Å². The number of carboxylic acids is 1. The molecular weight excluding hydrogens is 220 g/mol. The van der Waals surface area contributed by atoms with Gasteiger partial charge in [0.15, 0.2) is 0 Å². The van der Waals surface area contributed by atoms with Crippen LogP contribution in [-0.2, 0) is 0 Å². The largest absolute Gasteiger partial charge is 0.478 e. The second-order valence-corrected chi connectivity index (χ2v) is 3.97. The number of aliphatic hydroxyl groups is 1. The van der Waals surface area contributed by atoms with E-state index in [1.54, 1.807) is 13.0 Å². The number of aromatic nitrogens is 1. The van der Waals surface area contributed by atoms with Gasteiger partial charge in [-0.1, -0.05) is 0 Å². The fourth-order valence-electron chi connectivity index (χ4n) is 1.68. The normalized spacial score (nSPS) is 10.3. The highest BCUT2D eigenvalue weighted by Crippen LogP contribution is 2.18. The number of aromatic carboxylic acids is 1. The van der Waals surface area contributed by atoms with Crippen molar-refractivity contribution < 1.29 is 15.0 Å². The summed E-state index contributed by atoms with van der Waals surface area (Å²) in [5.74, 6) is -0.562. The van der Waals surface area contributed by atoms with Crippen LogP contribution in [0.1, 0.15) is 34.5 Å². The second-order valence-electron chi connectivity index (χ2n) is 3.97. The van der Waals surface area contributed by atoms with Crippen LogP contribution in [-0.4, -0.2) is 34.3 Å². The van der Waals surface area contributed by atoms with Crippen LogP contribution >= 0.6 is 0 Å². The summed E-state index contributed by atoms with van der Waals surface area (Å²) in [4.78, 5) is 15.3. The van der Waals surface area contributed by atoms with Crippen molar-refractivity contribution in [1.29, 1.82) is 0 Å². The van der Waals surface area contributed by atoms with E-state index in [1.807, 2.05) is 6.92 Å². The number of carbonyl (C=O) groups is 1. The monoisotopic (exact) mass is 238 g/mol. The van der Waals surface area contributed by atoms with Gasteiger partial charge in [0.1, 0.15) is 11.4 Å². The summed E-state index contributed by atoms with van der Waals surface area (Å²) in [7, 11) is 0. The molecule has 1 aromatic heterocycles. The Kier molecular flexibility index (Phi) is 4.90. The molecule has 0 atom stereocenters. The van der Waals surface area contributed by atoms with E-state index in [1.165, 1.54) is 0 Å². The van der Waals surface area contributed by atoms with Gasteiger partial charge in [0.25, 0.3) is 0 Å². The summed E-state index contributed by atoms with van der Waals surface area (Å²) >= 11 is 0. The number of aliphatic hydroxyl groups excluding tert-OH is 1. The number of aryl methyl sites for hydroxylation is 2. The number of nitrogens with zero attached hydrogens (tertiary/aromatic N) is 1. The van der Waals surface area contributed by atoms with Gasteiger partial charge in [-0.25, -0.2) is 9.78 Å². The van der Waals surface area contributed by atoms with Gasteiger partial charge in [-0.2, -0.15) is 0 Å². The number of hydrogen-bond acceptors (Lipinski definition) is 4. The van der Waals surface area contributed by atoms with Crippen molar-refractivity contribution in [2.75, 3.05) is 18.5 Å². The number of rotatable bonds is 6. The molecule has 1 rings (SSSR count). The molecule has 0 amide bonds. The van der Waals surface area contributed by atoms with E-state index in [9.17, 15) is 4.79 Å². The molecule has 0 aliphatic heterocycles. The Balaban J connectivity index is 2.85. The lowest BCUT2D eigenvalue weighted by molar-refractivity contribution is 0.0697. The number of hydrogen-bond donors (Lipinski definition) is 3. The van der Waals surface area contributed by atoms with Gasteiger partial charge in [-0.15, -0.1) is 0 Å². The van der Waals surface area contributed by atoms with Crippen LogP contribution in [0.3, 0.4) is 0 Å². The highest BCUT2D eigenvalue weighted by atomic mass is 16.4. The third kappa shape index (κ3) is 3.71. The first-order valence-electron chi connectivity index (χ1n) is 5.62. The van der Waals surface area contributed by atoms with Crippen molar-refractivity contribution in [3.63, 3.8) is 0 Å². The van der Waals surface area contributed by atoms with Crippen LogP contribution in [0.4, 0.5) is 5.82 Å². The Labute approximate surface area is 101 Å². The van der Waals surface area contributed by atoms with Gasteiger partial charge in [0.2, 0.25) is 0 Å². The highest BCUT2D eigenvalue weighted by molar-refractivity contribution is 5.94. The lowest BCUT2D eigenvalue weighted by atomic mass is 10.1. The molecule has 17 heavy (non-hydrogen) atoms. The Morgan fingerprint density at radius 1 is 1.41 bits per heavy atom. The lowest BCUT2D eigenvalue weighted by Gasteiger charge is -2.11. The van der Waals surface area contributed by atoms with Gasteiger partial charge < -0.3 is 15.5 Å². The Bertz CT molecular complexity index is 405. The molecule has 0 aliphatic carbocycles. The first-order valence-corrected chi connectivity index (χ1v) is 5.62. The maximum absolute atomic E-state index is 11.1. The third-order valence-corrected chi connectivity index (χ3v) is 2.44. The number of nitrogens with one attached hydrogen (secondary N) is 1. The molecule has 94 valence electrons. The topological polar surface area (TPSA) is 82.5 Å². The fourth-order valence-corrected chi connectivity index (χ4v) is 1.68. The molecular formula is C12H18N2O3. The summed E-state index contributed by atoms with van der Waals surface area (Å²) in [6, 6.07) is 1.75. The van der Waals surface area contributed by atoms with Gasteiger partial charge in [0.05, 0.1) is 0 Å². The highest BCUT2D eigenvalue weighted by Gasteiger charge is 2.14. The number of pyridine rings is 1. The van der Waals surface area contributed by atoms with Crippen LogP contribution in [0.2, 0.25) is 0 Å². The van der Waals surface area contributed by atoms with Gasteiger partial charge in [-0.05, 0) is 38.3 Å². The minimum absolute atomic E-state index is 0.147. The smallest absolute Gasteiger partial charge is 0.339 e. The molecule has 1 aromatic rings. The molecule has 0 saturated carbocycles. The standard InChI is InChI=1S/C12H18N2O3/c1-8-7-9(2)14-11(10(8)12(16)17)13-5-3-4-6-15/h7,15H,3-6H2,1-2H3,(H,13,14)(H,16,17). The molecule has 5 heteroatoms. The maximum atomic E-state index is 11.1. The zero-order chi connectivity index (χ0) is 12.8. The van der Waals surface area contributed by atoms with Gasteiger partial charge >= 0.3 is 5.97 Å². The van der Waals surface area contributed by atoms with Gasteiger partial charge in [0, 0.05) is 18.8 Å². The van der Waals surface area contributed by atoms with E-state index in [0.717, 1.165) is 12.1 Å². The van der Waals surface area contributed by atoms with Crippen molar-refractivity contribution in [1.82, 2.24) is 4.98 Å². The van der Waals surface area contributed by atoms with Crippen molar-refractivity contribution in [3.05, 3.63) is 22.9 Å². The zero-order valence-corrected chi connectivity index (χ0v) is 10.2. The van der Waals surface area contributed by atoms with Crippen LogP contribution < -0.4 is 5.32 Å². The summed E-state index contributed by atoms with van der Waals surface area (Å²) in [5, 5.41) is 20.8. The molecule has 5 nitrogen and oxygen atoms in total. The predicted molar refractivity (Wildman–Crippen MR) is 65.5 cm³/mol. The number of unbranched alkanes of at least 4 members (excludes halogenated alkanes) is 1. The Hall–Kier alpha value is -1.62. The summed E-state index contributed by atoms with van der Waals surface area (Å²) in [6.45, 7) is 4.35. The molecule has 3 N–H and O–H groups in total. The van der Waals surface area contributed by atoms with Crippen molar-refractivity contribution in [2.45, 2.75) is 26.7 Å². The SMILES string of the molecule is Cc1cc(C)c(C(=O)O)c(NCCCCO)n1. The molecule has 0 bridgehead atoms. The summed E-state index contributed by atoms with van der Waals surface area (Å²) in [5.41, 5.74) is 1.71. The summed E-state index contributed by atoms with van der Waals surface area (Å²) < 4.78 is 0. The van der Waals surface area contributed by atoms with Crippen molar-refractivity contribution in [3.8, 4) is 0 Å². The lowest BCUT2D eigenvalue weighted by Crippen LogP contribution is -2.12. The minimum Gasteiger partial charge on any atom is -0.478 e. The van der Waals surface area contributed by atoms with E-state index in [4.69, 9.17) is 10.2 Å². The van der Waals surface area contributed by atoms with Crippen LogP contribution in [0.15, 0.2) is 6.07 Å². The molecule has 0 aromatic carbocycles. The van der Waals surface area contributed by atoms with E-state index in [2.05, 4.69) is 10.3 Å². The first-order chi connectivity index (χ1) is 8.06. The predicted octanol–water partition coefficient (Wildman–Crippen LogP) is 1.58. The maximum Gasteiger partial charge on any atom is 0.339 e. The average molecular weight is 238 g/mol. The molecule has 0 fully saturated rings. The van der Waals surface area contributed by atoms with Crippen LogP contribution in [0.25, 0.3) is 0 Å². The third-order valence-electron chi connectivity index (χ3n) is 2.44. The van der Waals surface area contributed by atoms with Gasteiger partial charge in [-0.3, -0.25) is 0 Å². The number of anilines is 1. The van der Waals surface area contributed by atoms with Crippen molar-refractivity contribution in [2.24, 2.45) is 0 Å². The van der Waals surface area contributed by atoms with E-state index in [0.29, 0.717) is 24.3 Å². The second kappa shape index (κ2) is 6.20. The molecule has 0 saturated heterocycles. The minimum atomic E-state index is -0.973. The first kappa shape index (κ1) is 13.4. The number of carboxylic acid groups (broad SMARTS) is 1. The molecule has 0 spiro atoms. The van der Waals surface area contributed by atoms with Crippen molar-refractivity contribution >= 4 is 11.8 Å². The molecule has 0 aliphatic rings. The molecule has 0 unspecified atom stereocenters. The van der Waals surface area contributed by atoms with E-state index in [-0.39, 0.29) is 12.2 Å². The summed E-state index contributed by atoms with van der Waals surface area (Å²) in [6.07, 6.45) is 1.48. The quantitative estimate of drug-likeness (QED) is 0.655. The molecule has 1 heterocycles. The fraction of sp³-hybridized carbons (Fsp3) is 0.500. The molecule has 0 radical (unpaired) electrons. The zero-order valence-electron chi connectivity index (χ0n) is 10.2. The Morgan fingerprint density at radius 3 is 2.71 bits per heavy atom. The van der Waals surface area contributed by atoms with E-state index < -0.39 is 5.97 Å².